The van der Waals surface area contributed by atoms with Gasteiger partial charge in [0.05, 0.1) is 84.1 Å². The molecule has 10 aromatic rings. The van der Waals surface area contributed by atoms with Gasteiger partial charge in [0, 0.05) is 24.2 Å². The van der Waals surface area contributed by atoms with E-state index in [9.17, 15) is 9.90 Å². The summed E-state index contributed by atoms with van der Waals surface area (Å²) in [6.07, 6.45) is 4.94. The highest BCUT2D eigenvalue weighted by Crippen LogP contribution is 2.39. The molecule has 3 aliphatic rings. The highest BCUT2D eigenvalue weighted by atomic mass is 127. The molecule has 0 spiro atoms. The summed E-state index contributed by atoms with van der Waals surface area (Å²) in [5.74, 6) is 8.18. The number of likely N-dealkylation sites (N-methyl/N-ethyl adjacent to an activating group) is 1. The minimum atomic E-state index is -0.326. The zero-order valence-corrected chi connectivity index (χ0v) is 84.7. The second kappa shape index (κ2) is 52.1. The monoisotopic (exact) mass is 1910 g/mol. The van der Waals surface area contributed by atoms with Gasteiger partial charge >= 0.3 is 11.9 Å². The molecule has 3 aliphatic heterocycles. The second-order valence-electron chi connectivity index (χ2n) is 34.3. The molecule has 0 amide bonds. The van der Waals surface area contributed by atoms with E-state index in [2.05, 4.69) is 296 Å². The molecule has 15 nitrogen and oxygen atoms in total. The van der Waals surface area contributed by atoms with Crippen molar-refractivity contribution in [3.05, 3.63) is 318 Å². The number of carbonyl (C=O) groups excluding carboxylic acids is 1. The molecule has 0 bridgehead atoms. The molecule has 0 saturated carbocycles. The Bertz CT molecular complexity index is 5120. The molecule has 0 aromatic heterocycles. The number of aliphatic imine (C=N–C) groups is 2. The van der Waals surface area contributed by atoms with Crippen LogP contribution in [0, 0.1) is 34.6 Å². The molecule has 5 unspecified atom stereocenters. The number of methoxy groups -OCH3 is 7. The second-order valence-corrected chi connectivity index (χ2v) is 36.8. The molecule has 10 aromatic carbocycles. The number of benzene rings is 10. The van der Waals surface area contributed by atoms with Crippen molar-refractivity contribution < 1.29 is 61.8 Å². The third-order valence-corrected chi connectivity index (χ3v) is 22.4. The molecule has 126 heavy (non-hydrogen) atoms. The summed E-state index contributed by atoms with van der Waals surface area (Å²) in [5.41, 5.74) is 21.1. The molecule has 3 heterocycles. The number of aliphatic hydroxyl groups excluding tert-OH is 1. The third-order valence-electron chi connectivity index (χ3n) is 22.1. The van der Waals surface area contributed by atoms with Gasteiger partial charge in [-0.1, -0.05) is 249 Å². The Balaban J connectivity index is 0.000000234. The van der Waals surface area contributed by atoms with Crippen molar-refractivity contribution in [3.8, 4) is 34.5 Å². The number of rotatable bonds is 25. The summed E-state index contributed by atoms with van der Waals surface area (Å²) in [6, 6.07) is 72.9. The summed E-state index contributed by atoms with van der Waals surface area (Å²) in [7, 11) is 14.6. The van der Waals surface area contributed by atoms with Crippen molar-refractivity contribution in [1.29, 1.82) is 0 Å². The maximum Gasteiger partial charge on any atom is 0.370 e. The van der Waals surface area contributed by atoms with Crippen LogP contribution in [0.15, 0.2) is 222 Å². The van der Waals surface area contributed by atoms with E-state index in [1.165, 1.54) is 51.6 Å². The number of aliphatic hydroxyl groups is 1. The molecule has 0 radical (unpaired) electrons. The van der Waals surface area contributed by atoms with Gasteiger partial charge < -0.3 is 52.5 Å². The lowest BCUT2D eigenvalue weighted by Gasteiger charge is -2.19. The Kier molecular flexibility index (Phi) is 43.5. The van der Waals surface area contributed by atoms with Gasteiger partial charge in [0.1, 0.15) is 54.8 Å². The van der Waals surface area contributed by atoms with Gasteiger partial charge in [0.2, 0.25) is 11.8 Å². The van der Waals surface area contributed by atoms with E-state index in [-0.39, 0.29) is 35.1 Å². The molecule has 1 N–H and O–H groups in total. The minimum absolute atomic E-state index is 0.00655. The number of carbonyl (C=O) groups is 1. The number of nitrogens with zero attached hydrogens (tertiary/aromatic N) is 3. The standard InChI is InChI=1S/C23H30NO2.C22H27NO2.C19H22O3.C18H22O2.C14H19NO3.C9H11Br.C2H7P.CH3I/c1-16(12-18-10-8-7-9-11-18)19-13-17(2)21(25-6)14-20(19)22-24(5)23(3,4)15-26-22;1-15(11-17-9-7-6-8-10-17)18-12-16(2)20(24-5)13-19(18)21-23-22(3,4)14-25-21;1-13(10-15-8-6-5-7-9-15)16-11-14(2)18(21-3)12-17(16)19(20)22-4;1-13(9-15-7-5-4-6-8-15)17-10-14(2)18(20-3)11-16(17)12-19;1-9-6-12(17-5)10(7-11(9)16-4)13-15-14(2,3)8-18-13;1-8(10)7-9-5-3-2-4-6-9;1-3-2;1-2/h7-11,13-14,16H,12,15H2,1-6H3;6-10,12-13,15H,11,14H2,1-5H3;5-9,11-13H,10H2,1-4H3;4-8,10-11,13,19H,9,12H2,1-3H3;6-7H,8H2,1-5H3;2-6,8H,7H2,1H3;3H,1-2H3;1H3/q+1;;;;;;;. The normalized spacial score (nSPS) is 14.6. The van der Waals surface area contributed by atoms with E-state index < -0.39 is 0 Å². The third kappa shape index (κ3) is 31.5. The Morgan fingerprint density at radius 1 is 0.421 bits per heavy atom. The fourth-order valence-electron chi connectivity index (χ4n) is 15.1. The molecule has 678 valence electrons. The lowest BCUT2D eigenvalue weighted by Crippen LogP contribution is -2.33. The molecule has 0 saturated heterocycles. The molecular weight excluding hydrogens is 1770 g/mol. The average molecular weight is 1910 g/mol. The summed E-state index contributed by atoms with van der Waals surface area (Å²) in [5, 5.41) is 9.59. The first-order valence-corrected chi connectivity index (χ1v) is 48.3. The van der Waals surface area contributed by atoms with Crippen LogP contribution in [0.5, 0.6) is 34.5 Å². The number of hydrogen-bond donors (Lipinski definition) is 1. The van der Waals surface area contributed by atoms with Gasteiger partial charge in [-0.15, -0.1) is 8.58 Å². The molecule has 13 rings (SSSR count). The van der Waals surface area contributed by atoms with Crippen LogP contribution in [0.4, 0.5) is 0 Å². The molecule has 18 heteroatoms. The fourth-order valence-corrected chi connectivity index (χ4v) is 15.5. The molecular formula is C108H141BrIN3O12P+. The van der Waals surface area contributed by atoms with Crippen molar-refractivity contribution in [2.24, 2.45) is 9.98 Å². The number of hydrogen-bond acceptors (Lipinski definition) is 14. The predicted octanol–water partition coefficient (Wildman–Crippen LogP) is 25.0. The average Bonchev–Trinajstić information content (AvgIpc) is 1.60. The highest BCUT2D eigenvalue weighted by Gasteiger charge is 2.42. The van der Waals surface area contributed by atoms with Crippen LogP contribution in [-0.4, -0.2) is 150 Å². The van der Waals surface area contributed by atoms with E-state index in [0.717, 1.165) is 137 Å². The van der Waals surface area contributed by atoms with E-state index in [1.807, 2.05) is 94.1 Å². The van der Waals surface area contributed by atoms with E-state index >= 15 is 0 Å². The Morgan fingerprint density at radius 3 is 1.06 bits per heavy atom. The Labute approximate surface area is 779 Å². The number of esters is 1. The molecule has 0 aliphatic carbocycles. The van der Waals surface area contributed by atoms with Gasteiger partial charge in [-0.2, -0.15) is 4.58 Å². The Hall–Kier alpha value is -9.52. The van der Waals surface area contributed by atoms with Gasteiger partial charge in [-0.25, -0.2) is 14.8 Å². The van der Waals surface area contributed by atoms with Gasteiger partial charge in [-0.3, -0.25) is 0 Å². The van der Waals surface area contributed by atoms with Crippen LogP contribution >= 0.6 is 47.1 Å². The lowest BCUT2D eigenvalue weighted by atomic mass is 9.88. The van der Waals surface area contributed by atoms with Crippen LogP contribution in [-0.2, 0) is 57.7 Å². The largest absolute Gasteiger partial charge is 0.496 e. The fraction of sp³-hybridized carbons (Fsp3) is 0.407. The van der Waals surface area contributed by atoms with Crippen LogP contribution in [0.1, 0.15) is 210 Å². The van der Waals surface area contributed by atoms with E-state index in [1.54, 1.807) is 48.7 Å². The summed E-state index contributed by atoms with van der Waals surface area (Å²) < 4.78 is 57.4. The quantitative estimate of drug-likeness (QED) is 0.0190. The number of ether oxygens (including phenoxy) is 10. The molecule has 0 fully saturated rings. The zero-order valence-electron chi connectivity index (χ0n) is 80.0. The first kappa shape index (κ1) is 105. The van der Waals surface area contributed by atoms with Crippen molar-refractivity contribution in [2.75, 3.05) is 94.9 Å². The minimum Gasteiger partial charge on any atom is -0.496 e. The maximum atomic E-state index is 12.1. The van der Waals surface area contributed by atoms with Crippen molar-refractivity contribution in [2.45, 2.75) is 195 Å². The first-order chi connectivity index (χ1) is 60.1. The van der Waals surface area contributed by atoms with Gasteiger partial charge in [0.15, 0.2) is 12.1 Å². The van der Waals surface area contributed by atoms with E-state index in [4.69, 9.17) is 52.4 Å². The van der Waals surface area contributed by atoms with Crippen LogP contribution in [0.3, 0.4) is 0 Å². The van der Waals surface area contributed by atoms with E-state index in [0.29, 0.717) is 59.6 Å². The van der Waals surface area contributed by atoms with Crippen LogP contribution in [0.2, 0.25) is 0 Å². The van der Waals surface area contributed by atoms with Crippen molar-refractivity contribution in [1.82, 2.24) is 0 Å². The predicted molar refractivity (Wildman–Crippen MR) is 539 cm³/mol. The highest BCUT2D eigenvalue weighted by molar-refractivity contribution is 14.1. The van der Waals surface area contributed by atoms with Crippen LogP contribution < -0.4 is 28.4 Å². The summed E-state index contributed by atoms with van der Waals surface area (Å²) in [4.78, 5) is 24.0. The smallest absolute Gasteiger partial charge is 0.370 e. The van der Waals surface area contributed by atoms with Crippen molar-refractivity contribution in [3.63, 3.8) is 0 Å². The topological polar surface area (TPSA) is 157 Å². The van der Waals surface area contributed by atoms with Crippen molar-refractivity contribution >= 4 is 70.8 Å². The first-order valence-electron chi connectivity index (χ1n) is 43.3. The Morgan fingerprint density at radius 2 is 0.722 bits per heavy atom. The summed E-state index contributed by atoms with van der Waals surface area (Å²) >= 11 is 5.66. The van der Waals surface area contributed by atoms with Gasteiger partial charge in [0.25, 0.3) is 0 Å². The number of alkyl halides is 2. The van der Waals surface area contributed by atoms with Crippen LogP contribution in [0.25, 0.3) is 0 Å². The SMILES string of the molecule is CC(Br)Cc1ccccc1.CI.COC(=O)c1cc(OC)c(C)cc1C(C)Cc1ccccc1.COc1cc(C2=NC(C)(C)CO2)c(C(C)Cc2ccccc2)cc1C.COc1cc(C2=NC(C)(C)CO2)c(OC)cc1C.COc1cc(C2=[N+](C)C(C)(C)CO2)c(C(C)Cc2ccccc2)cc1C.COc1cc(CO)c(C(C)Cc2ccccc2)cc1C.CPC. The number of aryl methyl sites for hydroxylation is 5. The lowest BCUT2D eigenvalue weighted by molar-refractivity contribution is -0.562. The summed E-state index contributed by atoms with van der Waals surface area (Å²) in [6.45, 7) is 40.2. The molecule has 5 atom stereocenters. The zero-order chi connectivity index (χ0) is 93.0. The maximum absolute atomic E-state index is 12.1. The number of halogens is 2. The van der Waals surface area contributed by atoms with Gasteiger partial charge in [-0.05, 0) is 256 Å².